The summed E-state index contributed by atoms with van der Waals surface area (Å²) in [5.41, 5.74) is 3.68. The van der Waals surface area contributed by atoms with Crippen LogP contribution in [0.1, 0.15) is 10.4 Å². The van der Waals surface area contributed by atoms with Crippen LogP contribution in [0.2, 0.25) is 0 Å². The SMILES string of the molecule is COc1cc(OC)cc(C(=O)Nc2ccc3nc(-c4ccncc4)[nH]c3c2)c1. The lowest BCUT2D eigenvalue weighted by atomic mass is 10.1. The molecule has 0 radical (unpaired) electrons. The molecule has 0 saturated carbocycles. The number of aromatic nitrogens is 3. The maximum atomic E-state index is 12.7. The molecule has 0 bridgehead atoms. The summed E-state index contributed by atoms with van der Waals surface area (Å²) in [7, 11) is 3.09. The summed E-state index contributed by atoms with van der Waals surface area (Å²) < 4.78 is 10.4. The van der Waals surface area contributed by atoms with Crippen LogP contribution in [0.5, 0.6) is 11.5 Å². The van der Waals surface area contributed by atoms with Crippen LogP contribution in [0.4, 0.5) is 5.69 Å². The second-order valence-corrected chi connectivity index (χ2v) is 6.11. The standard InChI is InChI=1S/C21H18N4O3/c1-27-16-9-14(10-17(12-16)28-2)21(26)23-15-3-4-18-19(11-15)25-20(24-18)13-5-7-22-8-6-13/h3-12H,1-2H3,(H,23,26)(H,24,25). The summed E-state index contributed by atoms with van der Waals surface area (Å²) in [5, 5.41) is 2.89. The van der Waals surface area contributed by atoms with Crippen molar-refractivity contribution in [3.05, 3.63) is 66.5 Å². The fourth-order valence-corrected chi connectivity index (χ4v) is 2.88. The highest BCUT2D eigenvalue weighted by molar-refractivity contribution is 6.05. The molecule has 0 spiro atoms. The van der Waals surface area contributed by atoms with Gasteiger partial charge in [-0.05, 0) is 42.5 Å². The topological polar surface area (TPSA) is 89.1 Å². The predicted octanol–water partition coefficient (Wildman–Crippen LogP) is 3.89. The molecule has 140 valence electrons. The summed E-state index contributed by atoms with van der Waals surface area (Å²) in [6, 6.07) is 14.3. The van der Waals surface area contributed by atoms with E-state index in [1.54, 1.807) is 44.8 Å². The third-order valence-corrected chi connectivity index (χ3v) is 4.31. The van der Waals surface area contributed by atoms with Gasteiger partial charge in [0, 0.05) is 35.3 Å². The highest BCUT2D eigenvalue weighted by atomic mass is 16.5. The van der Waals surface area contributed by atoms with Gasteiger partial charge in [0.25, 0.3) is 5.91 Å². The quantitative estimate of drug-likeness (QED) is 0.553. The molecule has 2 aromatic heterocycles. The second kappa shape index (κ2) is 7.40. The zero-order valence-corrected chi connectivity index (χ0v) is 15.4. The van der Waals surface area contributed by atoms with Crippen LogP contribution in [-0.4, -0.2) is 35.1 Å². The number of amides is 1. The zero-order valence-electron chi connectivity index (χ0n) is 15.4. The molecule has 4 aromatic rings. The molecule has 0 aliphatic carbocycles. The minimum atomic E-state index is -0.259. The van der Waals surface area contributed by atoms with Gasteiger partial charge in [-0.3, -0.25) is 9.78 Å². The number of imidazole rings is 1. The van der Waals surface area contributed by atoms with Crippen molar-refractivity contribution in [1.82, 2.24) is 15.0 Å². The lowest BCUT2D eigenvalue weighted by Gasteiger charge is -2.09. The number of nitrogens with one attached hydrogen (secondary N) is 2. The van der Waals surface area contributed by atoms with Crippen LogP contribution in [0.15, 0.2) is 60.9 Å². The van der Waals surface area contributed by atoms with Gasteiger partial charge in [-0.1, -0.05) is 0 Å². The number of rotatable bonds is 5. The number of hydrogen-bond acceptors (Lipinski definition) is 5. The Labute approximate surface area is 161 Å². The third kappa shape index (κ3) is 3.50. The summed E-state index contributed by atoms with van der Waals surface area (Å²) in [4.78, 5) is 24.5. The molecule has 2 heterocycles. The van der Waals surface area contributed by atoms with E-state index in [1.165, 1.54) is 0 Å². The zero-order chi connectivity index (χ0) is 19.5. The molecule has 0 unspecified atom stereocenters. The number of pyridine rings is 1. The molecule has 0 atom stereocenters. The van der Waals surface area contributed by atoms with Crippen LogP contribution in [-0.2, 0) is 0 Å². The molecule has 0 aliphatic rings. The summed E-state index contributed by atoms with van der Waals surface area (Å²) in [6.07, 6.45) is 3.44. The minimum absolute atomic E-state index is 0.259. The van der Waals surface area contributed by atoms with Crippen molar-refractivity contribution < 1.29 is 14.3 Å². The van der Waals surface area contributed by atoms with Crippen LogP contribution in [0.25, 0.3) is 22.4 Å². The monoisotopic (exact) mass is 374 g/mol. The average molecular weight is 374 g/mol. The Kier molecular flexibility index (Phi) is 4.63. The molecular weight excluding hydrogens is 356 g/mol. The first-order valence-corrected chi connectivity index (χ1v) is 8.61. The van der Waals surface area contributed by atoms with Crippen molar-refractivity contribution in [2.24, 2.45) is 0 Å². The van der Waals surface area contributed by atoms with E-state index in [9.17, 15) is 4.79 Å². The number of aromatic amines is 1. The third-order valence-electron chi connectivity index (χ3n) is 4.31. The van der Waals surface area contributed by atoms with Crippen LogP contribution < -0.4 is 14.8 Å². The van der Waals surface area contributed by atoms with Gasteiger partial charge in [-0.15, -0.1) is 0 Å². The van der Waals surface area contributed by atoms with E-state index in [2.05, 4.69) is 20.3 Å². The first-order chi connectivity index (χ1) is 13.7. The molecule has 4 rings (SSSR count). The van der Waals surface area contributed by atoms with Crippen molar-refractivity contribution in [2.45, 2.75) is 0 Å². The van der Waals surface area contributed by atoms with E-state index >= 15 is 0 Å². The lowest BCUT2D eigenvalue weighted by Crippen LogP contribution is -2.12. The average Bonchev–Trinajstić information content (AvgIpc) is 3.17. The van der Waals surface area contributed by atoms with Gasteiger partial charge in [0.2, 0.25) is 0 Å². The summed E-state index contributed by atoms with van der Waals surface area (Å²) in [6.45, 7) is 0. The number of fused-ring (bicyclic) bond motifs is 1. The fraction of sp³-hybridized carbons (Fsp3) is 0.0952. The van der Waals surface area contributed by atoms with Gasteiger partial charge in [0.1, 0.15) is 17.3 Å². The molecule has 7 nitrogen and oxygen atoms in total. The van der Waals surface area contributed by atoms with Gasteiger partial charge in [-0.25, -0.2) is 4.98 Å². The number of H-pyrrole nitrogens is 1. The number of anilines is 1. The molecule has 2 aromatic carbocycles. The summed E-state index contributed by atoms with van der Waals surface area (Å²) >= 11 is 0. The van der Waals surface area contributed by atoms with Gasteiger partial charge < -0.3 is 19.8 Å². The maximum absolute atomic E-state index is 12.7. The Morgan fingerprint density at radius 1 is 0.964 bits per heavy atom. The van der Waals surface area contributed by atoms with Gasteiger partial charge >= 0.3 is 0 Å². The number of benzene rings is 2. The van der Waals surface area contributed by atoms with Gasteiger partial charge in [-0.2, -0.15) is 0 Å². The van der Waals surface area contributed by atoms with Gasteiger partial charge in [0.05, 0.1) is 25.3 Å². The van der Waals surface area contributed by atoms with Crippen molar-refractivity contribution in [3.63, 3.8) is 0 Å². The Morgan fingerprint density at radius 2 is 1.68 bits per heavy atom. The second-order valence-electron chi connectivity index (χ2n) is 6.11. The molecule has 1 amide bonds. The van der Waals surface area contributed by atoms with E-state index in [4.69, 9.17) is 9.47 Å². The highest BCUT2D eigenvalue weighted by Crippen LogP contribution is 2.25. The molecule has 2 N–H and O–H groups in total. The Hall–Kier alpha value is -3.87. The van der Waals surface area contributed by atoms with Crippen LogP contribution in [0.3, 0.4) is 0 Å². The number of ether oxygens (including phenoxy) is 2. The Balaban J connectivity index is 1.60. The molecule has 0 aliphatic heterocycles. The Bertz CT molecular complexity index is 1120. The van der Waals surface area contributed by atoms with Crippen molar-refractivity contribution in [1.29, 1.82) is 0 Å². The van der Waals surface area contributed by atoms with Crippen LogP contribution >= 0.6 is 0 Å². The molecule has 28 heavy (non-hydrogen) atoms. The number of nitrogens with zero attached hydrogens (tertiary/aromatic N) is 2. The van der Waals surface area contributed by atoms with Crippen LogP contribution in [0, 0.1) is 0 Å². The van der Waals surface area contributed by atoms with Gasteiger partial charge in [0.15, 0.2) is 0 Å². The first kappa shape index (κ1) is 17.5. The molecule has 7 heteroatoms. The lowest BCUT2D eigenvalue weighted by molar-refractivity contribution is 0.102. The number of methoxy groups -OCH3 is 2. The fourth-order valence-electron chi connectivity index (χ4n) is 2.88. The van der Waals surface area contributed by atoms with E-state index in [1.807, 2.05) is 30.3 Å². The number of carbonyl (C=O) groups excluding carboxylic acids is 1. The first-order valence-electron chi connectivity index (χ1n) is 8.61. The number of hydrogen-bond donors (Lipinski definition) is 2. The number of carbonyl (C=O) groups is 1. The van der Waals surface area contributed by atoms with E-state index in [0.717, 1.165) is 22.4 Å². The highest BCUT2D eigenvalue weighted by Gasteiger charge is 2.12. The van der Waals surface area contributed by atoms with Crippen molar-refractivity contribution in [2.75, 3.05) is 19.5 Å². The smallest absolute Gasteiger partial charge is 0.255 e. The van der Waals surface area contributed by atoms with Crippen molar-refractivity contribution in [3.8, 4) is 22.9 Å². The molecule has 0 saturated heterocycles. The van der Waals surface area contributed by atoms with Crippen molar-refractivity contribution >= 4 is 22.6 Å². The van der Waals surface area contributed by atoms with E-state index in [-0.39, 0.29) is 5.91 Å². The van der Waals surface area contributed by atoms with E-state index < -0.39 is 0 Å². The molecule has 0 fully saturated rings. The minimum Gasteiger partial charge on any atom is -0.497 e. The summed E-state index contributed by atoms with van der Waals surface area (Å²) in [5.74, 6) is 1.59. The largest absolute Gasteiger partial charge is 0.497 e. The maximum Gasteiger partial charge on any atom is 0.255 e. The predicted molar refractivity (Wildman–Crippen MR) is 107 cm³/mol. The van der Waals surface area contributed by atoms with E-state index in [0.29, 0.717) is 22.7 Å². The molecular formula is C21H18N4O3. The normalized spacial score (nSPS) is 10.6. The Morgan fingerprint density at radius 3 is 2.36 bits per heavy atom.